The molecule has 0 fully saturated rings. The first-order valence-electron chi connectivity index (χ1n) is 23.4. The lowest BCUT2D eigenvalue weighted by Gasteiger charge is -2.31. The molecule has 4 nitrogen and oxygen atoms in total. The number of benzene rings is 12. The van der Waals surface area contributed by atoms with Crippen molar-refractivity contribution in [2.45, 2.75) is 0 Å². The van der Waals surface area contributed by atoms with Gasteiger partial charge in [0.1, 0.15) is 22.8 Å². The van der Waals surface area contributed by atoms with Crippen molar-refractivity contribution in [2.24, 2.45) is 0 Å². The van der Waals surface area contributed by atoms with Crippen molar-refractivity contribution in [1.29, 1.82) is 0 Å². The number of hydrogen-bond acceptors (Lipinski definition) is 4. The summed E-state index contributed by atoms with van der Waals surface area (Å²) in [7, 11) is 0. The van der Waals surface area contributed by atoms with Crippen LogP contribution >= 0.6 is 0 Å². The van der Waals surface area contributed by atoms with Crippen molar-refractivity contribution in [2.75, 3.05) is 9.80 Å². The van der Waals surface area contributed by atoms with Crippen LogP contribution in [-0.2, 0) is 0 Å². The zero-order valence-electron chi connectivity index (χ0n) is 37.4. The smallest absolute Gasteiger partial charge is 0.159 e. The Bertz CT molecular complexity index is 4070. The molecule has 0 atom stereocenters. The number of halogens is 2. The minimum absolute atomic E-state index is 0.378. The van der Waals surface area contributed by atoms with Crippen LogP contribution in [0.2, 0.25) is 0 Å². The van der Waals surface area contributed by atoms with Crippen LogP contribution in [0, 0.1) is 11.6 Å². The molecule has 0 saturated carbocycles. The second-order valence-electron chi connectivity index (χ2n) is 17.8. The predicted molar refractivity (Wildman–Crippen MR) is 285 cm³/mol. The first kappa shape index (κ1) is 39.9. The maximum absolute atomic E-state index is 17.3. The Morgan fingerprint density at radius 1 is 0.286 bits per heavy atom. The van der Waals surface area contributed by atoms with E-state index >= 15 is 8.78 Å². The van der Waals surface area contributed by atoms with E-state index in [0.717, 1.165) is 98.7 Å². The topological polar surface area (TPSA) is 32.8 Å². The molecule has 330 valence electrons. The molecule has 70 heavy (non-hydrogen) atoms. The summed E-state index contributed by atoms with van der Waals surface area (Å²) < 4.78 is 48.0. The molecule has 0 spiro atoms. The summed E-state index contributed by atoms with van der Waals surface area (Å²) in [6.07, 6.45) is 0. The molecule has 0 saturated heterocycles. The number of fused-ring (bicyclic) bond motifs is 6. The van der Waals surface area contributed by atoms with Crippen molar-refractivity contribution >= 4 is 110 Å². The fourth-order valence-corrected chi connectivity index (χ4v) is 10.9. The number of para-hydroxylation sites is 6. The van der Waals surface area contributed by atoms with Crippen molar-refractivity contribution in [1.82, 2.24) is 0 Å². The highest BCUT2D eigenvalue weighted by Crippen LogP contribution is 2.53. The van der Waals surface area contributed by atoms with E-state index < -0.39 is 0 Å². The molecule has 0 bridgehead atoms. The molecule has 6 heteroatoms. The van der Waals surface area contributed by atoms with Crippen molar-refractivity contribution in [3.8, 4) is 22.3 Å². The Morgan fingerprint density at radius 3 is 1.13 bits per heavy atom. The molecular formula is C64H38F2N2O2. The quantitative estimate of drug-likeness (QED) is 0.142. The normalized spacial score (nSPS) is 11.9. The summed E-state index contributed by atoms with van der Waals surface area (Å²) in [6, 6.07) is 75.6. The van der Waals surface area contributed by atoms with Gasteiger partial charge in [-0.05, 0) is 81.2 Å². The number of rotatable bonds is 8. The molecule has 0 aliphatic carbocycles. The predicted octanol–water partition coefficient (Wildman–Crippen LogP) is 18.9. The van der Waals surface area contributed by atoms with Crippen molar-refractivity contribution in [3.05, 3.63) is 242 Å². The van der Waals surface area contributed by atoms with Gasteiger partial charge in [0.05, 0.1) is 34.1 Å². The van der Waals surface area contributed by atoms with Crippen LogP contribution in [0.15, 0.2) is 239 Å². The lowest BCUT2D eigenvalue weighted by Crippen LogP contribution is -2.14. The van der Waals surface area contributed by atoms with Crippen LogP contribution in [0.4, 0.5) is 42.9 Å². The highest BCUT2D eigenvalue weighted by Gasteiger charge is 2.30. The standard InChI is InChI=1S/C64H38F2N2O2/c65-51-25-11-21-43(39-15-3-1-4-16-39)61(51)67(55-27-13-23-47-45-19-7-9-29-57(45)69-63(47)55)53-37-33-41-32-36-50-54(38-34-42-31-35-49(53)59(41)60(42)50)68(62-44(22-12-26-52(62)66)40-17-5-2-6-18-40)56-28-14-24-48-46-20-8-10-30-58(46)70-64(48)56/h1-38H. The number of hydrogen-bond donors (Lipinski definition) is 0. The van der Waals surface area contributed by atoms with E-state index in [-0.39, 0.29) is 11.6 Å². The van der Waals surface area contributed by atoms with Gasteiger partial charge in [0, 0.05) is 43.4 Å². The Kier molecular flexibility index (Phi) is 8.92. The van der Waals surface area contributed by atoms with Crippen LogP contribution in [0.25, 0.3) is 98.4 Å². The first-order chi connectivity index (χ1) is 34.6. The Balaban J connectivity index is 1.08. The molecule has 2 heterocycles. The Hall–Kier alpha value is -9.26. The van der Waals surface area contributed by atoms with Gasteiger partial charge < -0.3 is 18.6 Å². The molecule has 0 unspecified atom stereocenters. The van der Waals surface area contributed by atoms with Crippen LogP contribution in [-0.4, -0.2) is 0 Å². The second kappa shape index (κ2) is 15.7. The largest absolute Gasteiger partial charge is 0.454 e. The zero-order valence-corrected chi connectivity index (χ0v) is 37.4. The van der Waals surface area contributed by atoms with E-state index in [0.29, 0.717) is 33.9 Å². The maximum atomic E-state index is 17.3. The van der Waals surface area contributed by atoms with Gasteiger partial charge in [-0.15, -0.1) is 0 Å². The molecule has 14 aromatic rings. The lowest BCUT2D eigenvalue weighted by molar-refractivity contribution is 0.628. The van der Waals surface area contributed by atoms with Gasteiger partial charge in [0.15, 0.2) is 11.2 Å². The number of nitrogens with zero attached hydrogens (tertiary/aromatic N) is 2. The van der Waals surface area contributed by atoms with Gasteiger partial charge in [-0.3, -0.25) is 0 Å². The molecule has 0 radical (unpaired) electrons. The fourth-order valence-electron chi connectivity index (χ4n) is 10.9. The third-order valence-corrected chi connectivity index (χ3v) is 13.9. The molecule has 0 aliphatic heterocycles. The highest BCUT2D eigenvalue weighted by atomic mass is 19.1. The zero-order chi connectivity index (χ0) is 46.5. The van der Waals surface area contributed by atoms with Gasteiger partial charge >= 0.3 is 0 Å². The molecule has 2 aromatic heterocycles. The van der Waals surface area contributed by atoms with E-state index in [1.165, 1.54) is 12.1 Å². The van der Waals surface area contributed by atoms with E-state index in [1.807, 2.05) is 143 Å². The average Bonchev–Trinajstić information content (AvgIpc) is 4.00. The van der Waals surface area contributed by atoms with Crippen molar-refractivity contribution in [3.63, 3.8) is 0 Å². The number of furan rings is 2. The van der Waals surface area contributed by atoms with Gasteiger partial charge in [-0.25, -0.2) is 8.78 Å². The lowest BCUT2D eigenvalue weighted by atomic mass is 9.91. The molecular weight excluding hydrogens is 867 g/mol. The molecule has 0 aliphatic rings. The van der Waals surface area contributed by atoms with Crippen LogP contribution in [0.5, 0.6) is 0 Å². The SMILES string of the molecule is Fc1cccc(-c2ccccc2)c1N(c1ccc2ccc3c(N(c4c(F)cccc4-c4ccccc4)c4cccc5c4oc4ccccc45)ccc4ccc1c2c43)c1cccc2c1oc1ccccc12. The second-order valence-corrected chi connectivity index (χ2v) is 17.8. The Labute approximate surface area is 400 Å². The third kappa shape index (κ3) is 5.99. The summed E-state index contributed by atoms with van der Waals surface area (Å²) in [4.78, 5) is 4.07. The Morgan fingerprint density at radius 2 is 0.671 bits per heavy atom. The minimum Gasteiger partial charge on any atom is -0.454 e. The van der Waals surface area contributed by atoms with E-state index in [2.05, 4.69) is 72.8 Å². The summed E-state index contributed by atoms with van der Waals surface area (Å²) in [5, 5.41) is 9.64. The van der Waals surface area contributed by atoms with E-state index in [9.17, 15) is 0 Å². The molecule has 14 rings (SSSR count). The average molecular weight is 905 g/mol. The highest BCUT2D eigenvalue weighted by molar-refractivity contribution is 6.29. The fraction of sp³-hybridized carbons (Fsp3) is 0. The van der Waals surface area contributed by atoms with Gasteiger partial charge in [0.2, 0.25) is 0 Å². The summed E-state index contributed by atoms with van der Waals surface area (Å²) in [6.45, 7) is 0. The number of anilines is 6. The minimum atomic E-state index is -0.378. The monoisotopic (exact) mass is 904 g/mol. The molecule has 0 amide bonds. The first-order valence-corrected chi connectivity index (χ1v) is 23.4. The summed E-state index contributed by atoms with van der Waals surface area (Å²) in [5.41, 5.74) is 9.75. The summed E-state index contributed by atoms with van der Waals surface area (Å²) in [5.74, 6) is -0.756. The van der Waals surface area contributed by atoms with E-state index in [4.69, 9.17) is 8.83 Å². The van der Waals surface area contributed by atoms with Gasteiger partial charge in [0.25, 0.3) is 0 Å². The van der Waals surface area contributed by atoms with Crippen molar-refractivity contribution < 1.29 is 17.6 Å². The van der Waals surface area contributed by atoms with E-state index in [1.54, 1.807) is 12.1 Å². The molecule has 12 aromatic carbocycles. The van der Waals surface area contributed by atoms with Crippen LogP contribution in [0.1, 0.15) is 0 Å². The van der Waals surface area contributed by atoms with Gasteiger partial charge in [-0.1, -0.05) is 182 Å². The van der Waals surface area contributed by atoms with Crippen LogP contribution in [0.3, 0.4) is 0 Å². The molecule has 0 N–H and O–H groups in total. The van der Waals surface area contributed by atoms with Crippen LogP contribution < -0.4 is 9.80 Å². The summed E-state index contributed by atoms with van der Waals surface area (Å²) >= 11 is 0. The van der Waals surface area contributed by atoms with Gasteiger partial charge in [-0.2, -0.15) is 0 Å². The maximum Gasteiger partial charge on any atom is 0.159 e. The third-order valence-electron chi connectivity index (χ3n) is 13.9.